The van der Waals surface area contributed by atoms with Crippen LogP contribution in [-0.4, -0.2) is 29.5 Å². The third-order valence-electron chi connectivity index (χ3n) is 4.34. The summed E-state index contributed by atoms with van der Waals surface area (Å²) >= 11 is 0. The maximum atomic E-state index is 5.75. The number of nitrogens with zero attached hydrogens (tertiary/aromatic N) is 2. The molecule has 3 nitrogen and oxygen atoms in total. The molecule has 3 rings (SSSR count). The summed E-state index contributed by atoms with van der Waals surface area (Å²) in [5.74, 6) is 0.732. The van der Waals surface area contributed by atoms with Gasteiger partial charge in [0.1, 0.15) is 0 Å². The normalized spacial score (nSPS) is 16.9. The second kappa shape index (κ2) is 7.21. The van der Waals surface area contributed by atoms with Gasteiger partial charge in [-0.2, -0.15) is 0 Å². The Labute approximate surface area is 132 Å². The van der Waals surface area contributed by atoms with Gasteiger partial charge in [-0.1, -0.05) is 12.1 Å². The summed E-state index contributed by atoms with van der Waals surface area (Å²) in [5, 5.41) is 1.24. The third-order valence-corrected chi connectivity index (χ3v) is 4.34. The van der Waals surface area contributed by atoms with Gasteiger partial charge in [0.25, 0.3) is 0 Å². The zero-order valence-electron chi connectivity index (χ0n) is 12.6. The predicted molar refractivity (Wildman–Crippen MR) is 90.8 cm³/mol. The van der Waals surface area contributed by atoms with Crippen LogP contribution in [0.25, 0.3) is 10.9 Å². The highest BCUT2D eigenvalue weighted by Crippen LogP contribution is 2.20. The van der Waals surface area contributed by atoms with Crippen LogP contribution in [0.4, 0.5) is 0 Å². The molecule has 0 amide bonds. The minimum absolute atomic E-state index is 0. The van der Waals surface area contributed by atoms with E-state index in [9.17, 15) is 0 Å². The lowest BCUT2D eigenvalue weighted by atomic mass is 9.97. The first kappa shape index (κ1) is 16.2. The van der Waals surface area contributed by atoms with Gasteiger partial charge < -0.3 is 5.73 Å². The molecular formula is C17H24ClN3. The monoisotopic (exact) mass is 305 g/mol. The van der Waals surface area contributed by atoms with E-state index in [2.05, 4.69) is 40.2 Å². The van der Waals surface area contributed by atoms with E-state index in [1.54, 1.807) is 0 Å². The van der Waals surface area contributed by atoms with Gasteiger partial charge in [0.2, 0.25) is 0 Å². The fraction of sp³-hybridized carbons (Fsp3) is 0.471. The third kappa shape index (κ3) is 3.94. The Morgan fingerprint density at radius 3 is 2.67 bits per heavy atom. The number of halogens is 1. The molecule has 4 heteroatoms. The number of rotatable bonds is 3. The van der Waals surface area contributed by atoms with E-state index in [1.165, 1.54) is 36.9 Å². The Kier molecular flexibility index (Phi) is 5.57. The number of aryl methyl sites for hydroxylation is 1. The van der Waals surface area contributed by atoms with Crippen molar-refractivity contribution in [3.8, 4) is 0 Å². The van der Waals surface area contributed by atoms with E-state index in [4.69, 9.17) is 5.73 Å². The van der Waals surface area contributed by atoms with E-state index in [-0.39, 0.29) is 12.4 Å². The maximum Gasteiger partial charge on any atom is 0.0705 e. The molecule has 1 aromatic heterocycles. The van der Waals surface area contributed by atoms with Crippen LogP contribution in [0, 0.1) is 12.8 Å². The topological polar surface area (TPSA) is 42.1 Å². The van der Waals surface area contributed by atoms with Crippen LogP contribution >= 0.6 is 12.4 Å². The summed E-state index contributed by atoms with van der Waals surface area (Å²) < 4.78 is 0. The highest BCUT2D eigenvalue weighted by atomic mass is 35.5. The average molecular weight is 306 g/mol. The molecule has 0 bridgehead atoms. The van der Waals surface area contributed by atoms with Crippen LogP contribution < -0.4 is 5.73 Å². The molecule has 1 fully saturated rings. The quantitative estimate of drug-likeness (QED) is 0.947. The summed E-state index contributed by atoms with van der Waals surface area (Å²) in [4.78, 5) is 7.09. The standard InChI is InChI=1S/C17H23N3.ClH/c1-13-2-4-16-10-15(3-5-17(16)19-13)12-20-8-6-14(11-18)7-9-20;/h2-5,10,14H,6-9,11-12,18H2,1H3;1H. The number of likely N-dealkylation sites (tertiary alicyclic amines) is 1. The van der Waals surface area contributed by atoms with Crippen molar-refractivity contribution in [2.24, 2.45) is 11.7 Å². The van der Waals surface area contributed by atoms with Crippen LogP contribution in [0.2, 0.25) is 0 Å². The second-order valence-corrected chi connectivity index (χ2v) is 5.93. The van der Waals surface area contributed by atoms with Crippen LogP contribution in [-0.2, 0) is 6.54 Å². The van der Waals surface area contributed by atoms with E-state index >= 15 is 0 Å². The van der Waals surface area contributed by atoms with Crippen LogP contribution in [0.1, 0.15) is 24.1 Å². The molecule has 0 atom stereocenters. The second-order valence-electron chi connectivity index (χ2n) is 5.93. The predicted octanol–water partition coefficient (Wildman–Crippen LogP) is 3.14. The van der Waals surface area contributed by atoms with Crippen molar-refractivity contribution < 1.29 is 0 Å². The molecule has 114 valence electrons. The van der Waals surface area contributed by atoms with Crippen molar-refractivity contribution >= 4 is 23.3 Å². The molecule has 2 aromatic rings. The highest BCUT2D eigenvalue weighted by molar-refractivity contribution is 5.85. The van der Waals surface area contributed by atoms with E-state index in [1.807, 2.05) is 6.92 Å². The molecule has 0 unspecified atom stereocenters. The fourth-order valence-corrected chi connectivity index (χ4v) is 3.01. The molecule has 1 aliphatic rings. The summed E-state index contributed by atoms with van der Waals surface area (Å²) in [7, 11) is 0. The Hall–Kier alpha value is -1.16. The van der Waals surface area contributed by atoms with E-state index in [0.29, 0.717) is 0 Å². The number of hydrogen-bond acceptors (Lipinski definition) is 3. The lowest BCUT2D eigenvalue weighted by Crippen LogP contribution is -2.35. The number of benzene rings is 1. The largest absolute Gasteiger partial charge is 0.330 e. The van der Waals surface area contributed by atoms with Gasteiger partial charge in [0.05, 0.1) is 5.52 Å². The first-order chi connectivity index (χ1) is 9.74. The number of piperidine rings is 1. The fourth-order valence-electron chi connectivity index (χ4n) is 3.01. The number of aromatic nitrogens is 1. The van der Waals surface area contributed by atoms with Gasteiger partial charge in [-0.25, -0.2) is 0 Å². The number of pyridine rings is 1. The Morgan fingerprint density at radius 1 is 1.19 bits per heavy atom. The van der Waals surface area contributed by atoms with Gasteiger partial charge in [0.15, 0.2) is 0 Å². The first-order valence-corrected chi connectivity index (χ1v) is 7.53. The van der Waals surface area contributed by atoms with Crippen molar-refractivity contribution in [3.63, 3.8) is 0 Å². The molecule has 0 aliphatic carbocycles. The molecule has 1 aliphatic heterocycles. The first-order valence-electron chi connectivity index (χ1n) is 7.53. The molecule has 1 saturated heterocycles. The molecule has 21 heavy (non-hydrogen) atoms. The highest BCUT2D eigenvalue weighted by Gasteiger charge is 2.17. The van der Waals surface area contributed by atoms with Gasteiger partial charge in [-0.15, -0.1) is 12.4 Å². The SMILES string of the molecule is Cc1ccc2cc(CN3CCC(CN)CC3)ccc2n1.Cl. The number of nitrogens with two attached hydrogens (primary N) is 1. The maximum absolute atomic E-state index is 5.75. The van der Waals surface area contributed by atoms with Gasteiger partial charge >= 0.3 is 0 Å². The van der Waals surface area contributed by atoms with E-state index < -0.39 is 0 Å². The minimum Gasteiger partial charge on any atom is -0.330 e. The number of hydrogen-bond donors (Lipinski definition) is 1. The lowest BCUT2D eigenvalue weighted by molar-refractivity contribution is 0.180. The molecule has 1 aromatic carbocycles. The molecule has 0 saturated carbocycles. The van der Waals surface area contributed by atoms with Gasteiger partial charge in [-0.05, 0) is 69.1 Å². The van der Waals surface area contributed by atoms with Crippen LogP contribution in [0.5, 0.6) is 0 Å². The molecule has 0 spiro atoms. The van der Waals surface area contributed by atoms with Crippen LogP contribution in [0.3, 0.4) is 0 Å². The average Bonchev–Trinajstić information content (AvgIpc) is 2.48. The minimum atomic E-state index is 0. The van der Waals surface area contributed by atoms with Crippen molar-refractivity contribution in [1.82, 2.24) is 9.88 Å². The molecular weight excluding hydrogens is 282 g/mol. The zero-order valence-corrected chi connectivity index (χ0v) is 13.4. The number of fused-ring (bicyclic) bond motifs is 1. The zero-order chi connectivity index (χ0) is 13.9. The van der Waals surface area contributed by atoms with Gasteiger partial charge in [-0.3, -0.25) is 9.88 Å². The van der Waals surface area contributed by atoms with E-state index in [0.717, 1.165) is 30.2 Å². The lowest BCUT2D eigenvalue weighted by Gasteiger charge is -2.31. The smallest absolute Gasteiger partial charge is 0.0705 e. The van der Waals surface area contributed by atoms with Crippen molar-refractivity contribution in [1.29, 1.82) is 0 Å². The summed E-state index contributed by atoms with van der Waals surface area (Å²) in [5.41, 5.74) is 9.30. The Bertz CT molecular complexity index is 592. The van der Waals surface area contributed by atoms with Gasteiger partial charge in [0, 0.05) is 17.6 Å². The summed E-state index contributed by atoms with van der Waals surface area (Å²) in [6, 6.07) is 10.9. The summed E-state index contributed by atoms with van der Waals surface area (Å²) in [6.07, 6.45) is 2.48. The van der Waals surface area contributed by atoms with Crippen LogP contribution in [0.15, 0.2) is 30.3 Å². The molecule has 2 heterocycles. The summed E-state index contributed by atoms with van der Waals surface area (Å²) in [6.45, 7) is 6.27. The Morgan fingerprint density at radius 2 is 1.95 bits per heavy atom. The van der Waals surface area contributed by atoms with Crippen molar-refractivity contribution in [2.75, 3.05) is 19.6 Å². The molecule has 2 N–H and O–H groups in total. The van der Waals surface area contributed by atoms with Crippen molar-refractivity contribution in [2.45, 2.75) is 26.3 Å². The Balaban J connectivity index is 0.00000161. The molecule has 0 radical (unpaired) electrons. The van der Waals surface area contributed by atoms with Crippen molar-refractivity contribution in [3.05, 3.63) is 41.6 Å².